The first kappa shape index (κ1) is 19.6. The van der Waals surface area contributed by atoms with Crippen LogP contribution in [0.5, 0.6) is 11.5 Å². The molecule has 1 aromatic heterocycles. The van der Waals surface area contributed by atoms with Gasteiger partial charge in [-0.3, -0.25) is 9.89 Å². The van der Waals surface area contributed by atoms with Crippen LogP contribution in [-0.4, -0.2) is 36.5 Å². The van der Waals surface area contributed by atoms with E-state index < -0.39 is 11.7 Å². The van der Waals surface area contributed by atoms with E-state index >= 15 is 0 Å². The lowest BCUT2D eigenvalue weighted by atomic mass is 10.1. The molecule has 0 radical (unpaired) electrons. The standard InChI is InChI=1S/C19H16BrFN4O3/c1-27-17-6-3-11(8-18(17)28-2)15-9-16(24-23-15)19(26)25-22-10-12-7-13(20)4-5-14(12)21/h3-10H,1-2H3,(H,23,24)(H,25,26)/b22-10+. The third-order valence-electron chi connectivity index (χ3n) is 3.83. The molecule has 9 heteroatoms. The highest BCUT2D eigenvalue weighted by molar-refractivity contribution is 9.10. The number of hydrogen-bond acceptors (Lipinski definition) is 5. The Morgan fingerprint density at radius 2 is 1.96 bits per heavy atom. The zero-order valence-electron chi connectivity index (χ0n) is 15.0. The number of carbonyl (C=O) groups is 1. The molecule has 0 aliphatic heterocycles. The van der Waals surface area contributed by atoms with Crippen LogP contribution >= 0.6 is 15.9 Å². The second kappa shape index (κ2) is 8.66. The van der Waals surface area contributed by atoms with Crippen LogP contribution in [0.4, 0.5) is 4.39 Å². The molecule has 0 unspecified atom stereocenters. The third kappa shape index (κ3) is 4.37. The van der Waals surface area contributed by atoms with Crippen molar-refractivity contribution in [3.63, 3.8) is 0 Å². The lowest BCUT2D eigenvalue weighted by Gasteiger charge is -2.08. The molecule has 0 atom stereocenters. The van der Waals surface area contributed by atoms with E-state index in [1.807, 2.05) is 0 Å². The summed E-state index contributed by atoms with van der Waals surface area (Å²) >= 11 is 3.25. The summed E-state index contributed by atoms with van der Waals surface area (Å²) in [6.07, 6.45) is 1.23. The molecule has 0 fully saturated rings. The van der Waals surface area contributed by atoms with Gasteiger partial charge in [0, 0.05) is 15.6 Å². The van der Waals surface area contributed by atoms with Crippen LogP contribution in [0, 0.1) is 5.82 Å². The summed E-state index contributed by atoms with van der Waals surface area (Å²) in [5.41, 5.74) is 4.07. The molecule has 144 valence electrons. The maximum atomic E-state index is 13.7. The molecule has 7 nitrogen and oxygen atoms in total. The van der Waals surface area contributed by atoms with Gasteiger partial charge in [-0.25, -0.2) is 9.82 Å². The van der Waals surface area contributed by atoms with E-state index in [-0.39, 0.29) is 11.3 Å². The van der Waals surface area contributed by atoms with Gasteiger partial charge < -0.3 is 9.47 Å². The van der Waals surface area contributed by atoms with Crippen LogP contribution in [0.15, 0.2) is 52.0 Å². The van der Waals surface area contributed by atoms with Crippen molar-refractivity contribution in [3.8, 4) is 22.8 Å². The van der Waals surface area contributed by atoms with Crippen LogP contribution < -0.4 is 14.9 Å². The van der Waals surface area contributed by atoms with Crippen molar-refractivity contribution in [3.05, 3.63) is 64.0 Å². The zero-order valence-corrected chi connectivity index (χ0v) is 16.6. The molecule has 1 heterocycles. The smallest absolute Gasteiger partial charge is 0.289 e. The molecule has 0 spiro atoms. The SMILES string of the molecule is COc1ccc(-c2cc(C(=O)N/N=C/c3cc(Br)ccc3F)[nH]n2)cc1OC. The number of rotatable bonds is 6. The summed E-state index contributed by atoms with van der Waals surface area (Å²) in [5.74, 6) is 0.188. The summed E-state index contributed by atoms with van der Waals surface area (Å²) in [7, 11) is 3.09. The molecule has 0 saturated carbocycles. The number of amides is 1. The molecule has 2 aromatic carbocycles. The number of aromatic nitrogens is 2. The summed E-state index contributed by atoms with van der Waals surface area (Å²) in [6, 6.07) is 11.3. The van der Waals surface area contributed by atoms with E-state index in [4.69, 9.17) is 9.47 Å². The Morgan fingerprint density at radius 3 is 2.71 bits per heavy atom. The topological polar surface area (TPSA) is 88.6 Å². The molecule has 3 aromatic rings. The lowest BCUT2D eigenvalue weighted by Crippen LogP contribution is -2.18. The second-order valence-corrected chi connectivity index (χ2v) is 6.52. The Hall–Kier alpha value is -3.20. The zero-order chi connectivity index (χ0) is 20.1. The number of methoxy groups -OCH3 is 2. The van der Waals surface area contributed by atoms with E-state index in [1.165, 1.54) is 19.4 Å². The fourth-order valence-corrected chi connectivity index (χ4v) is 2.79. The first-order valence-electron chi connectivity index (χ1n) is 8.08. The maximum Gasteiger partial charge on any atom is 0.289 e. The molecule has 28 heavy (non-hydrogen) atoms. The van der Waals surface area contributed by atoms with Gasteiger partial charge in [-0.15, -0.1) is 0 Å². The van der Waals surface area contributed by atoms with Crippen molar-refractivity contribution < 1.29 is 18.7 Å². The molecule has 0 saturated heterocycles. The average Bonchev–Trinajstić information content (AvgIpc) is 3.20. The van der Waals surface area contributed by atoms with E-state index in [0.717, 1.165) is 5.56 Å². The van der Waals surface area contributed by atoms with Crippen molar-refractivity contribution >= 4 is 28.1 Å². The van der Waals surface area contributed by atoms with Crippen LogP contribution in [0.1, 0.15) is 16.1 Å². The number of nitrogens with zero attached hydrogens (tertiary/aromatic N) is 2. The van der Waals surface area contributed by atoms with Gasteiger partial charge in [-0.2, -0.15) is 10.2 Å². The predicted molar refractivity (Wildman–Crippen MR) is 106 cm³/mol. The molecule has 0 aliphatic carbocycles. The number of hydrazone groups is 1. The van der Waals surface area contributed by atoms with Gasteiger partial charge in [0.05, 0.1) is 26.1 Å². The van der Waals surface area contributed by atoms with Crippen molar-refractivity contribution in [2.75, 3.05) is 14.2 Å². The van der Waals surface area contributed by atoms with Crippen LogP contribution in [-0.2, 0) is 0 Å². The Kier molecular flexibility index (Phi) is 6.05. The van der Waals surface area contributed by atoms with E-state index in [2.05, 4.69) is 36.7 Å². The van der Waals surface area contributed by atoms with Gasteiger partial charge >= 0.3 is 0 Å². The second-order valence-electron chi connectivity index (χ2n) is 5.60. The number of ether oxygens (including phenoxy) is 2. The van der Waals surface area contributed by atoms with Crippen molar-refractivity contribution in [1.29, 1.82) is 0 Å². The summed E-state index contributed by atoms with van der Waals surface area (Å²) in [6.45, 7) is 0. The largest absolute Gasteiger partial charge is 0.493 e. The lowest BCUT2D eigenvalue weighted by molar-refractivity contribution is 0.0950. The third-order valence-corrected chi connectivity index (χ3v) is 4.32. The molecule has 0 aliphatic rings. The van der Waals surface area contributed by atoms with Gasteiger partial charge in [0.15, 0.2) is 11.5 Å². The van der Waals surface area contributed by atoms with Crippen LogP contribution in [0.3, 0.4) is 0 Å². The number of carbonyl (C=O) groups excluding carboxylic acids is 1. The minimum atomic E-state index is -0.508. The van der Waals surface area contributed by atoms with Crippen molar-refractivity contribution in [1.82, 2.24) is 15.6 Å². The minimum absolute atomic E-state index is 0.205. The molecule has 3 rings (SSSR count). The van der Waals surface area contributed by atoms with E-state index in [9.17, 15) is 9.18 Å². The average molecular weight is 447 g/mol. The molecule has 2 N–H and O–H groups in total. The fourth-order valence-electron chi connectivity index (χ4n) is 2.42. The van der Waals surface area contributed by atoms with Crippen LogP contribution in [0.2, 0.25) is 0 Å². The predicted octanol–water partition coefficient (Wildman–Crippen LogP) is 3.76. The number of nitrogens with one attached hydrogen (secondary N) is 2. The molecular weight excluding hydrogens is 431 g/mol. The van der Waals surface area contributed by atoms with Crippen LogP contribution in [0.25, 0.3) is 11.3 Å². The van der Waals surface area contributed by atoms with Gasteiger partial charge in [-0.1, -0.05) is 15.9 Å². The number of hydrogen-bond donors (Lipinski definition) is 2. The Morgan fingerprint density at radius 1 is 1.18 bits per heavy atom. The highest BCUT2D eigenvalue weighted by atomic mass is 79.9. The number of aromatic amines is 1. The van der Waals surface area contributed by atoms with E-state index in [1.54, 1.807) is 43.5 Å². The first-order valence-corrected chi connectivity index (χ1v) is 8.87. The Balaban J connectivity index is 1.72. The molecule has 1 amide bonds. The van der Waals surface area contributed by atoms with Gasteiger partial charge in [0.25, 0.3) is 5.91 Å². The number of halogens is 2. The minimum Gasteiger partial charge on any atom is -0.493 e. The van der Waals surface area contributed by atoms with Crippen molar-refractivity contribution in [2.45, 2.75) is 0 Å². The summed E-state index contributed by atoms with van der Waals surface area (Å²) in [4.78, 5) is 12.2. The molecule has 0 bridgehead atoms. The summed E-state index contributed by atoms with van der Waals surface area (Å²) < 4.78 is 24.8. The van der Waals surface area contributed by atoms with Gasteiger partial charge in [-0.05, 0) is 42.5 Å². The van der Waals surface area contributed by atoms with E-state index in [0.29, 0.717) is 21.7 Å². The Bertz CT molecular complexity index is 1040. The highest BCUT2D eigenvalue weighted by Crippen LogP contribution is 2.31. The number of benzene rings is 2. The monoisotopic (exact) mass is 446 g/mol. The maximum absolute atomic E-state index is 13.7. The normalized spacial score (nSPS) is 10.9. The van der Waals surface area contributed by atoms with Crippen molar-refractivity contribution in [2.24, 2.45) is 5.10 Å². The van der Waals surface area contributed by atoms with Gasteiger partial charge in [0.1, 0.15) is 11.5 Å². The molecular formula is C19H16BrFN4O3. The Labute approximate surface area is 168 Å². The first-order chi connectivity index (χ1) is 13.5. The summed E-state index contributed by atoms with van der Waals surface area (Å²) in [5, 5.41) is 10.6. The van der Waals surface area contributed by atoms with Gasteiger partial charge in [0.2, 0.25) is 0 Å². The number of H-pyrrole nitrogens is 1. The quantitative estimate of drug-likeness (QED) is 0.445. The highest BCUT2D eigenvalue weighted by Gasteiger charge is 2.12. The fraction of sp³-hybridized carbons (Fsp3) is 0.105.